The maximum Gasteiger partial charge on any atom is 0.242 e. The molecule has 7 nitrogen and oxygen atoms in total. The number of nitrogens with zero attached hydrogens (tertiary/aromatic N) is 2. The molecule has 0 spiro atoms. The van der Waals surface area contributed by atoms with Gasteiger partial charge in [0.2, 0.25) is 15.9 Å². The van der Waals surface area contributed by atoms with Crippen LogP contribution in [0.1, 0.15) is 30.0 Å². The zero-order chi connectivity index (χ0) is 15.6. The van der Waals surface area contributed by atoms with Crippen LogP contribution in [-0.2, 0) is 29.7 Å². The molecule has 0 unspecified atom stereocenters. The third-order valence-electron chi connectivity index (χ3n) is 3.31. The van der Waals surface area contributed by atoms with Crippen LogP contribution in [-0.4, -0.2) is 18.0 Å². The van der Waals surface area contributed by atoms with E-state index in [1.807, 2.05) is 18.4 Å². The first-order valence-corrected chi connectivity index (χ1v) is 8.17. The SMILES string of the molecule is CCn1cc(S(=O)(=O)NCc2nc(C)c(C)o2)cc1CN. The molecule has 2 heterocycles. The van der Waals surface area contributed by atoms with Crippen LogP contribution in [0.4, 0.5) is 0 Å². The van der Waals surface area contributed by atoms with Gasteiger partial charge >= 0.3 is 0 Å². The minimum Gasteiger partial charge on any atom is -0.444 e. The Morgan fingerprint density at radius 1 is 1.43 bits per heavy atom. The molecule has 0 aliphatic rings. The predicted molar refractivity (Wildman–Crippen MR) is 78.0 cm³/mol. The molecule has 21 heavy (non-hydrogen) atoms. The van der Waals surface area contributed by atoms with Crippen LogP contribution in [0.3, 0.4) is 0 Å². The van der Waals surface area contributed by atoms with Crippen molar-refractivity contribution in [1.29, 1.82) is 0 Å². The van der Waals surface area contributed by atoms with Crippen LogP contribution in [0.2, 0.25) is 0 Å². The molecule has 0 radical (unpaired) electrons. The second-order valence-corrected chi connectivity index (χ2v) is 6.50. The van der Waals surface area contributed by atoms with Gasteiger partial charge in [0, 0.05) is 25.0 Å². The van der Waals surface area contributed by atoms with E-state index in [9.17, 15) is 8.42 Å². The van der Waals surface area contributed by atoms with Crippen molar-refractivity contribution >= 4 is 10.0 Å². The first-order chi connectivity index (χ1) is 9.87. The van der Waals surface area contributed by atoms with Crippen molar-refractivity contribution in [3.8, 4) is 0 Å². The molecule has 0 bridgehead atoms. The Bertz CT molecular complexity index is 690. The lowest BCUT2D eigenvalue weighted by Crippen LogP contribution is -2.23. The quantitative estimate of drug-likeness (QED) is 0.830. The third-order valence-corrected chi connectivity index (χ3v) is 4.68. The highest BCUT2D eigenvalue weighted by molar-refractivity contribution is 7.89. The molecule has 0 saturated heterocycles. The van der Waals surface area contributed by atoms with E-state index in [0.29, 0.717) is 24.7 Å². The molecule has 0 fully saturated rings. The second kappa shape index (κ2) is 6.00. The lowest BCUT2D eigenvalue weighted by molar-refractivity contribution is 0.463. The van der Waals surface area contributed by atoms with Gasteiger partial charge in [0.1, 0.15) is 5.76 Å². The van der Waals surface area contributed by atoms with Gasteiger partial charge in [-0.25, -0.2) is 18.1 Å². The van der Waals surface area contributed by atoms with E-state index in [1.54, 1.807) is 19.2 Å². The largest absolute Gasteiger partial charge is 0.444 e. The molecule has 0 amide bonds. The van der Waals surface area contributed by atoms with Gasteiger partial charge in [-0.3, -0.25) is 0 Å². The molecule has 2 rings (SSSR count). The second-order valence-electron chi connectivity index (χ2n) is 4.73. The summed E-state index contributed by atoms with van der Waals surface area (Å²) in [6.07, 6.45) is 1.58. The summed E-state index contributed by atoms with van der Waals surface area (Å²) in [6.45, 7) is 6.51. The van der Waals surface area contributed by atoms with Crippen LogP contribution in [0, 0.1) is 13.8 Å². The smallest absolute Gasteiger partial charge is 0.242 e. The van der Waals surface area contributed by atoms with Crippen molar-refractivity contribution in [2.75, 3.05) is 0 Å². The Morgan fingerprint density at radius 2 is 2.14 bits per heavy atom. The fourth-order valence-corrected chi connectivity index (χ4v) is 3.03. The van der Waals surface area contributed by atoms with Crippen molar-refractivity contribution in [3.63, 3.8) is 0 Å². The summed E-state index contributed by atoms with van der Waals surface area (Å²) in [7, 11) is -3.61. The number of hydrogen-bond donors (Lipinski definition) is 2. The minimum absolute atomic E-state index is 0.0201. The van der Waals surface area contributed by atoms with Gasteiger partial charge in [-0.2, -0.15) is 0 Å². The lowest BCUT2D eigenvalue weighted by Gasteiger charge is -2.02. The maximum absolute atomic E-state index is 12.3. The van der Waals surface area contributed by atoms with Crippen LogP contribution in [0.15, 0.2) is 21.6 Å². The molecule has 2 aromatic rings. The summed E-state index contributed by atoms with van der Waals surface area (Å²) in [5.74, 6) is 1.04. The summed E-state index contributed by atoms with van der Waals surface area (Å²) < 4.78 is 34.2. The first-order valence-electron chi connectivity index (χ1n) is 6.69. The molecule has 2 aromatic heterocycles. The molecule has 0 aliphatic carbocycles. The number of rotatable bonds is 6. The van der Waals surface area contributed by atoms with Crippen molar-refractivity contribution in [2.24, 2.45) is 5.73 Å². The molecule has 0 aliphatic heterocycles. The summed E-state index contributed by atoms with van der Waals surface area (Å²) in [4.78, 5) is 4.34. The van der Waals surface area contributed by atoms with Gasteiger partial charge in [0.05, 0.1) is 17.1 Å². The fraction of sp³-hybridized carbons (Fsp3) is 0.462. The summed E-state index contributed by atoms with van der Waals surface area (Å²) in [5, 5.41) is 0. The van der Waals surface area contributed by atoms with Gasteiger partial charge in [-0.1, -0.05) is 0 Å². The standard InChI is InChI=1S/C13H20N4O3S/c1-4-17-8-12(5-11(17)6-14)21(18,19)15-7-13-16-9(2)10(3)20-13/h5,8,15H,4,6-7,14H2,1-3H3. The zero-order valence-electron chi connectivity index (χ0n) is 12.4. The van der Waals surface area contributed by atoms with Crippen molar-refractivity contribution in [3.05, 3.63) is 35.3 Å². The van der Waals surface area contributed by atoms with Gasteiger partial charge in [0.15, 0.2) is 0 Å². The van der Waals surface area contributed by atoms with E-state index < -0.39 is 10.0 Å². The Balaban J connectivity index is 2.16. The Kier molecular flexibility index (Phi) is 4.50. The summed E-state index contributed by atoms with van der Waals surface area (Å²) >= 11 is 0. The molecular formula is C13H20N4O3S. The first kappa shape index (κ1) is 15.7. The number of aromatic nitrogens is 2. The monoisotopic (exact) mass is 312 g/mol. The van der Waals surface area contributed by atoms with E-state index in [1.165, 1.54) is 0 Å². The molecule has 3 N–H and O–H groups in total. The van der Waals surface area contributed by atoms with Crippen molar-refractivity contribution < 1.29 is 12.8 Å². The number of nitrogens with one attached hydrogen (secondary N) is 1. The lowest BCUT2D eigenvalue weighted by atomic mass is 10.4. The molecular weight excluding hydrogens is 292 g/mol. The summed E-state index contributed by atoms with van der Waals surface area (Å²) in [6, 6.07) is 1.58. The van der Waals surface area contributed by atoms with Crippen LogP contribution < -0.4 is 10.5 Å². The normalized spacial score (nSPS) is 12.0. The third kappa shape index (κ3) is 3.34. The molecule has 116 valence electrons. The van der Waals surface area contributed by atoms with Crippen LogP contribution >= 0.6 is 0 Å². The number of oxazole rings is 1. The molecule has 0 aromatic carbocycles. The molecule has 0 atom stereocenters. The number of sulfonamides is 1. The number of aryl methyl sites for hydroxylation is 3. The maximum atomic E-state index is 12.3. The highest BCUT2D eigenvalue weighted by Crippen LogP contribution is 2.15. The average Bonchev–Trinajstić information content (AvgIpc) is 3.01. The van der Waals surface area contributed by atoms with E-state index >= 15 is 0 Å². The minimum atomic E-state index is -3.61. The Morgan fingerprint density at radius 3 is 2.62 bits per heavy atom. The van der Waals surface area contributed by atoms with E-state index in [-0.39, 0.29) is 11.4 Å². The van der Waals surface area contributed by atoms with Crippen molar-refractivity contribution in [2.45, 2.75) is 45.3 Å². The van der Waals surface area contributed by atoms with E-state index in [4.69, 9.17) is 10.2 Å². The van der Waals surface area contributed by atoms with E-state index in [0.717, 1.165) is 11.4 Å². The highest BCUT2D eigenvalue weighted by Gasteiger charge is 2.18. The Labute approximate surface area is 124 Å². The van der Waals surface area contributed by atoms with Gasteiger partial charge < -0.3 is 14.7 Å². The van der Waals surface area contributed by atoms with Crippen molar-refractivity contribution in [1.82, 2.24) is 14.3 Å². The molecule has 0 saturated carbocycles. The average molecular weight is 312 g/mol. The van der Waals surface area contributed by atoms with Crippen LogP contribution in [0.25, 0.3) is 0 Å². The van der Waals surface area contributed by atoms with Gasteiger partial charge in [0.25, 0.3) is 0 Å². The summed E-state index contributed by atoms with van der Waals surface area (Å²) in [5.41, 5.74) is 7.14. The Hall–Kier alpha value is -1.64. The molecule has 8 heteroatoms. The van der Waals surface area contributed by atoms with E-state index in [2.05, 4.69) is 9.71 Å². The number of nitrogens with two attached hydrogens (primary N) is 1. The number of hydrogen-bond acceptors (Lipinski definition) is 5. The highest BCUT2D eigenvalue weighted by atomic mass is 32.2. The predicted octanol–water partition coefficient (Wildman–Crippen LogP) is 1.05. The topological polar surface area (TPSA) is 103 Å². The zero-order valence-corrected chi connectivity index (χ0v) is 13.2. The fourth-order valence-electron chi connectivity index (χ4n) is 1.99. The van der Waals surface area contributed by atoms with Crippen LogP contribution in [0.5, 0.6) is 0 Å². The van der Waals surface area contributed by atoms with Gasteiger partial charge in [-0.15, -0.1) is 0 Å². The van der Waals surface area contributed by atoms with Gasteiger partial charge in [-0.05, 0) is 26.8 Å².